The van der Waals surface area contributed by atoms with Gasteiger partial charge in [-0.05, 0) is 76.9 Å². The Kier molecular flexibility index (Phi) is 14.4. The summed E-state index contributed by atoms with van der Waals surface area (Å²) in [6.07, 6.45) is 7.57. The fourth-order valence-electron chi connectivity index (χ4n) is 7.21. The molecule has 1 aliphatic rings. The monoisotopic (exact) mass is 738 g/mol. The lowest BCUT2D eigenvalue weighted by Crippen LogP contribution is -2.67. The van der Waals surface area contributed by atoms with Crippen LogP contribution in [0.5, 0.6) is 0 Å². The predicted octanol–water partition coefficient (Wildman–Crippen LogP) is 8.63. The maximum Gasteiger partial charge on any atom is 0.261 e. The summed E-state index contributed by atoms with van der Waals surface area (Å²) in [4.78, 5) is 0.725. The van der Waals surface area contributed by atoms with E-state index in [1.807, 2.05) is 42.5 Å². The van der Waals surface area contributed by atoms with Crippen LogP contribution in [0.25, 0.3) is 0 Å². The van der Waals surface area contributed by atoms with Crippen molar-refractivity contribution in [3.8, 4) is 0 Å². The van der Waals surface area contributed by atoms with Crippen molar-refractivity contribution in [1.29, 1.82) is 0 Å². The molecule has 0 N–H and O–H groups in total. The van der Waals surface area contributed by atoms with E-state index < -0.39 is 24.3 Å². The third-order valence-corrected chi connectivity index (χ3v) is 16.7. The average Bonchev–Trinajstić information content (AvgIpc) is 3.57. The Balaban J connectivity index is 1.41. The van der Waals surface area contributed by atoms with Gasteiger partial charge in [-0.25, -0.2) is 8.42 Å². The highest BCUT2D eigenvalue weighted by atomic mass is 32.2. The average molecular weight is 739 g/mol. The van der Waals surface area contributed by atoms with Crippen LogP contribution in [0.4, 0.5) is 0 Å². The molecule has 0 spiro atoms. The highest BCUT2D eigenvalue weighted by molar-refractivity contribution is 7.95. The number of hydrogen-bond donors (Lipinski definition) is 0. The zero-order valence-corrected chi connectivity index (χ0v) is 32.9. The highest BCUT2D eigenvalue weighted by Gasteiger charge is 2.52. The van der Waals surface area contributed by atoms with Gasteiger partial charge in [0.15, 0.2) is 0 Å². The van der Waals surface area contributed by atoms with E-state index in [-0.39, 0.29) is 17.7 Å². The Bertz CT molecular complexity index is 1780. The predicted molar refractivity (Wildman–Crippen MR) is 213 cm³/mol. The number of sulfone groups is 1. The maximum atomic E-state index is 14.4. The van der Waals surface area contributed by atoms with Gasteiger partial charge in [-0.1, -0.05) is 136 Å². The van der Waals surface area contributed by atoms with Crippen molar-refractivity contribution in [2.24, 2.45) is 5.92 Å². The molecular formula is C44H54O6SSi. The summed E-state index contributed by atoms with van der Waals surface area (Å²) in [5.41, 5.74) is 2.23. The van der Waals surface area contributed by atoms with Gasteiger partial charge in [-0.2, -0.15) is 0 Å². The summed E-state index contributed by atoms with van der Waals surface area (Å²) < 4.78 is 53.3. The SMILES string of the molecule is COCOC/C(=C/CCCCOCc1ccccc1)C[C@H]1C[C@@H](O[Si](c2ccccc2)(c2ccccc2)C(C)(C)C)C=C1S(=O)(=O)c1ccccc1. The first-order valence-corrected chi connectivity index (χ1v) is 21.7. The van der Waals surface area contributed by atoms with Crippen LogP contribution in [0.3, 0.4) is 0 Å². The van der Waals surface area contributed by atoms with Crippen molar-refractivity contribution in [2.45, 2.75) is 75.5 Å². The molecule has 0 bridgehead atoms. The number of rotatable bonds is 19. The van der Waals surface area contributed by atoms with E-state index in [0.717, 1.165) is 24.8 Å². The molecule has 276 valence electrons. The third-order valence-electron chi connectivity index (χ3n) is 9.66. The van der Waals surface area contributed by atoms with Crippen LogP contribution < -0.4 is 10.4 Å². The summed E-state index contributed by atoms with van der Waals surface area (Å²) in [7, 11) is -5.12. The van der Waals surface area contributed by atoms with Gasteiger partial charge >= 0.3 is 0 Å². The summed E-state index contributed by atoms with van der Waals surface area (Å²) in [6.45, 7) is 8.57. The minimum atomic E-state index is -3.78. The second-order valence-electron chi connectivity index (χ2n) is 14.5. The molecule has 4 aromatic carbocycles. The van der Waals surface area contributed by atoms with Gasteiger partial charge < -0.3 is 18.6 Å². The Morgan fingerprint density at radius 1 is 0.788 bits per heavy atom. The number of allylic oxidation sites excluding steroid dienone is 2. The first kappa shape index (κ1) is 39.6. The molecule has 0 aliphatic heterocycles. The van der Waals surface area contributed by atoms with Crippen molar-refractivity contribution in [1.82, 2.24) is 0 Å². The molecule has 52 heavy (non-hydrogen) atoms. The van der Waals surface area contributed by atoms with Crippen LogP contribution in [0, 0.1) is 5.92 Å². The van der Waals surface area contributed by atoms with Gasteiger partial charge in [0.1, 0.15) is 6.79 Å². The number of hydrogen-bond acceptors (Lipinski definition) is 6. The van der Waals surface area contributed by atoms with Crippen LogP contribution >= 0.6 is 0 Å². The van der Waals surface area contributed by atoms with Crippen molar-refractivity contribution in [2.75, 3.05) is 27.1 Å². The Labute approximate surface area is 312 Å². The van der Waals surface area contributed by atoms with Gasteiger partial charge in [0, 0.05) is 19.6 Å². The van der Waals surface area contributed by atoms with Crippen LogP contribution in [-0.4, -0.2) is 50.0 Å². The molecule has 4 aromatic rings. The summed E-state index contributed by atoms with van der Waals surface area (Å²) in [5, 5.41) is 2.09. The van der Waals surface area contributed by atoms with Crippen molar-refractivity contribution in [3.63, 3.8) is 0 Å². The molecule has 0 saturated heterocycles. The van der Waals surface area contributed by atoms with Crippen LogP contribution in [0.15, 0.2) is 149 Å². The lowest BCUT2D eigenvalue weighted by atomic mass is 9.97. The summed E-state index contributed by atoms with van der Waals surface area (Å²) >= 11 is 0. The maximum absolute atomic E-state index is 14.4. The Morgan fingerprint density at radius 3 is 1.94 bits per heavy atom. The fraction of sp³-hybridized carbons (Fsp3) is 0.364. The highest BCUT2D eigenvalue weighted by Crippen LogP contribution is 2.43. The Hall–Kier alpha value is -3.63. The molecule has 0 heterocycles. The summed E-state index contributed by atoms with van der Waals surface area (Å²) in [6, 6.07) is 40.0. The minimum Gasteiger partial charge on any atom is -0.401 e. The van der Waals surface area contributed by atoms with Gasteiger partial charge in [0.25, 0.3) is 8.32 Å². The van der Waals surface area contributed by atoms with E-state index in [1.54, 1.807) is 31.4 Å². The van der Waals surface area contributed by atoms with E-state index in [1.165, 1.54) is 15.9 Å². The number of benzene rings is 4. The molecule has 0 fully saturated rings. The topological polar surface area (TPSA) is 71.1 Å². The second-order valence-corrected chi connectivity index (χ2v) is 20.7. The molecule has 0 aromatic heterocycles. The van der Waals surface area contributed by atoms with Crippen LogP contribution in [0.2, 0.25) is 5.04 Å². The fourth-order valence-corrected chi connectivity index (χ4v) is 13.6. The zero-order valence-electron chi connectivity index (χ0n) is 31.1. The van der Waals surface area contributed by atoms with E-state index >= 15 is 0 Å². The minimum absolute atomic E-state index is 0.167. The number of unbranched alkanes of at least 4 members (excludes halogenated alkanes) is 2. The molecule has 1 aliphatic carbocycles. The normalized spacial score (nSPS) is 16.9. The van der Waals surface area contributed by atoms with Crippen molar-refractivity contribution >= 4 is 28.5 Å². The molecule has 0 unspecified atom stereocenters. The second kappa shape index (κ2) is 18.9. The van der Waals surface area contributed by atoms with E-state index in [2.05, 4.69) is 87.5 Å². The number of methoxy groups -OCH3 is 1. The standard InChI is InChI=1S/C44H54O6SSi/c1-44(2,3)52(41-25-15-7-16-26-41,42-27-17-8-18-28-42)50-39-31-38(43(32-39)51(45,46)40-23-13-6-14-24-40)30-37(34-49-35-47-4)22-12-9-19-29-48-33-36-20-10-5-11-21-36/h5-8,10-11,13-18,20-28,32,38-39H,9,12,19,29-31,33-35H2,1-4H3/b37-22+/t38-,39+/m0/s1. The molecule has 0 radical (unpaired) electrons. The van der Waals surface area contributed by atoms with Crippen molar-refractivity contribution < 1.29 is 27.1 Å². The van der Waals surface area contributed by atoms with Gasteiger partial charge in [-0.3, -0.25) is 0 Å². The van der Waals surface area contributed by atoms with Crippen LogP contribution in [-0.2, 0) is 35.1 Å². The molecule has 0 amide bonds. The lowest BCUT2D eigenvalue weighted by molar-refractivity contribution is -0.0221. The number of ether oxygens (including phenoxy) is 3. The van der Waals surface area contributed by atoms with Gasteiger partial charge in [-0.15, -0.1) is 0 Å². The van der Waals surface area contributed by atoms with Crippen LogP contribution in [0.1, 0.15) is 58.4 Å². The van der Waals surface area contributed by atoms with E-state index in [9.17, 15) is 8.42 Å². The zero-order chi connectivity index (χ0) is 36.9. The quantitative estimate of drug-likeness (QED) is 0.0416. The van der Waals surface area contributed by atoms with E-state index in [0.29, 0.717) is 42.5 Å². The van der Waals surface area contributed by atoms with Crippen molar-refractivity contribution in [3.05, 3.63) is 150 Å². The molecule has 2 atom stereocenters. The molecule has 8 heteroatoms. The Morgan fingerprint density at radius 2 is 1.37 bits per heavy atom. The first-order chi connectivity index (χ1) is 25.1. The van der Waals surface area contributed by atoms with Gasteiger partial charge in [0.2, 0.25) is 9.84 Å². The van der Waals surface area contributed by atoms with Gasteiger partial charge in [0.05, 0.1) is 29.1 Å². The molecule has 6 nitrogen and oxygen atoms in total. The van der Waals surface area contributed by atoms with E-state index in [4.69, 9.17) is 18.6 Å². The molecule has 5 rings (SSSR count). The summed E-state index contributed by atoms with van der Waals surface area (Å²) in [5.74, 6) is -0.278. The molecule has 0 saturated carbocycles. The third kappa shape index (κ3) is 10.1. The molecular weight excluding hydrogens is 685 g/mol. The largest absolute Gasteiger partial charge is 0.401 e. The smallest absolute Gasteiger partial charge is 0.261 e. The lowest BCUT2D eigenvalue weighted by Gasteiger charge is -2.44. The first-order valence-electron chi connectivity index (χ1n) is 18.3.